The van der Waals surface area contributed by atoms with Crippen molar-refractivity contribution in [2.75, 3.05) is 46.2 Å². The van der Waals surface area contributed by atoms with Gasteiger partial charge < -0.3 is 30.2 Å². The first-order chi connectivity index (χ1) is 15.4. The number of rotatable bonds is 9. The number of likely N-dealkylation sites (tertiary alicyclic amines) is 1. The van der Waals surface area contributed by atoms with E-state index in [0.717, 1.165) is 25.9 Å². The third-order valence-corrected chi connectivity index (χ3v) is 5.85. The summed E-state index contributed by atoms with van der Waals surface area (Å²) in [5.41, 5.74) is 6.49. The molecule has 0 aliphatic carbocycles. The summed E-state index contributed by atoms with van der Waals surface area (Å²) in [6.07, 6.45) is 1.42. The molecule has 9 heteroatoms. The number of nitrogens with zero attached hydrogens (tertiary/aromatic N) is 1. The molecule has 1 heterocycles. The van der Waals surface area contributed by atoms with E-state index >= 15 is 0 Å². The highest BCUT2D eigenvalue weighted by molar-refractivity contribution is 6.33. The van der Waals surface area contributed by atoms with E-state index in [9.17, 15) is 9.18 Å². The quantitative estimate of drug-likeness (QED) is 0.436. The van der Waals surface area contributed by atoms with E-state index in [1.54, 1.807) is 25.3 Å². The molecule has 1 saturated heterocycles. The van der Waals surface area contributed by atoms with E-state index in [2.05, 4.69) is 10.2 Å². The first-order valence-electron chi connectivity index (χ1n) is 10.5. The van der Waals surface area contributed by atoms with Gasteiger partial charge in [0.2, 0.25) is 0 Å². The van der Waals surface area contributed by atoms with Gasteiger partial charge in [0.05, 0.1) is 42.1 Å². The summed E-state index contributed by atoms with van der Waals surface area (Å²) in [5.74, 6) is 0.463. The highest BCUT2D eigenvalue weighted by Crippen LogP contribution is 2.29. The number of nitrogens with two attached hydrogens (primary N) is 1. The topological polar surface area (TPSA) is 86.0 Å². The Kier molecular flexibility index (Phi) is 8.55. The zero-order valence-electron chi connectivity index (χ0n) is 18.3. The first kappa shape index (κ1) is 24.1. The smallest absolute Gasteiger partial charge is 0.255 e. The minimum absolute atomic E-state index is 0.139. The van der Waals surface area contributed by atoms with Crippen molar-refractivity contribution < 1.29 is 23.4 Å². The normalized spacial score (nSPS) is 18.9. The van der Waals surface area contributed by atoms with Crippen LogP contribution in [0.2, 0.25) is 5.02 Å². The van der Waals surface area contributed by atoms with Gasteiger partial charge in [0.25, 0.3) is 5.91 Å². The highest BCUT2D eigenvalue weighted by atomic mass is 35.5. The Labute approximate surface area is 192 Å². The summed E-state index contributed by atoms with van der Waals surface area (Å²) >= 11 is 6.09. The predicted molar refractivity (Wildman–Crippen MR) is 122 cm³/mol. The molecule has 3 N–H and O–H groups in total. The Morgan fingerprint density at radius 1 is 1.28 bits per heavy atom. The van der Waals surface area contributed by atoms with Crippen LogP contribution in [0, 0.1) is 5.82 Å². The molecule has 32 heavy (non-hydrogen) atoms. The summed E-state index contributed by atoms with van der Waals surface area (Å²) in [6, 6.07) is 8.92. The van der Waals surface area contributed by atoms with Gasteiger partial charge in [-0.15, -0.1) is 0 Å². The molecule has 7 nitrogen and oxygen atoms in total. The SMILES string of the molecule is COc1cc(N)c(Cl)cc1C(=O)NC1CCN(CCCOc2ccc(F)cc2)C[C@@H]1OC. The molecule has 1 aliphatic heterocycles. The number of hydrogen-bond acceptors (Lipinski definition) is 6. The third-order valence-electron chi connectivity index (χ3n) is 5.53. The molecular weight excluding hydrogens is 437 g/mol. The van der Waals surface area contributed by atoms with Crippen LogP contribution in [-0.4, -0.2) is 63.4 Å². The Morgan fingerprint density at radius 2 is 2.03 bits per heavy atom. The van der Waals surface area contributed by atoms with Crippen LogP contribution in [-0.2, 0) is 4.74 Å². The predicted octanol–water partition coefficient (Wildman–Crippen LogP) is 3.36. The fourth-order valence-electron chi connectivity index (χ4n) is 3.76. The number of anilines is 1. The van der Waals surface area contributed by atoms with E-state index in [-0.39, 0.29) is 23.9 Å². The number of halogens is 2. The van der Waals surface area contributed by atoms with Crippen LogP contribution in [0.4, 0.5) is 10.1 Å². The van der Waals surface area contributed by atoms with Gasteiger partial charge in [0.1, 0.15) is 17.3 Å². The molecule has 2 atom stereocenters. The lowest BCUT2D eigenvalue weighted by molar-refractivity contribution is 0.00527. The summed E-state index contributed by atoms with van der Waals surface area (Å²) in [5, 5.41) is 3.35. The maximum Gasteiger partial charge on any atom is 0.255 e. The number of benzene rings is 2. The van der Waals surface area contributed by atoms with Crippen molar-refractivity contribution in [3.63, 3.8) is 0 Å². The largest absolute Gasteiger partial charge is 0.496 e. The van der Waals surface area contributed by atoms with Gasteiger partial charge in [-0.3, -0.25) is 4.79 Å². The average Bonchev–Trinajstić information content (AvgIpc) is 2.80. The molecule has 0 spiro atoms. The van der Waals surface area contributed by atoms with Crippen molar-refractivity contribution in [1.82, 2.24) is 10.2 Å². The van der Waals surface area contributed by atoms with Crippen LogP contribution in [0.3, 0.4) is 0 Å². The lowest BCUT2D eigenvalue weighted by Crippen LogP contribution is -2.55. The number of carbonyl (C=O) groups is 1. The van der Waals surface area contributed by atoms with E-state index in [1.165, 1.54) is 25.3 Å². The van der Waals surface area contributed by atoms with Crippen LogP contribution in [0.15, 0.2) is 36.4 Å². The minimum atomic E-state index is -0.282. The van der Waals surface area contributed by atoms with Crippen LogP contribution < -0.4 is 20.5 Å². The van der Waals surface area contributed by atoms with Crippen LogP contribution >= 0.6 is 11.6 Å². The molecule has 1 unspecified atom stereocenters. The molecule has 1 amide bonds. The van der Waals surface area contributed by atoms with Gasteiger partial charge >= 0.3 is 0 Å². The Hall–Kier alpha value is -2.55. The van der Waals surface area contributed by atoms with E-state index in [1.807, 2.05) is 0 Å². The van der Waals surface area contributed by atoms with Crippen molar-refractivity contribution in [1.29, 1.82) is 0 Å². The van der Waals surface area contributed by atoms with Crippen LogP contribution in [0.1, 0.15) is 23.2 Å². The molecule has 3 rings (SSSR count). The second-order valence-electron chi connectivity index (χ2n) is 7.67. The molecule has 0 bridgehead atoms. The summed E-state index contributed by atoms with van der Waals surface area (Å²) in [6.45, 7) is 2.89. The second-order valence-corrected chi connectivity index (χ2v) is 8.08. The van der Waals surface area contributed by atoms with Gasteiger partial charge in [-0.1, -0.05) is 11.6 Å². The number of piperidine rings is 1. The lowest BCUT2D eigenvalue weighted by Gasteiger charge is -2.38. The zero-order valence-corrected chi connectivity index (χ0v) is 19.0. The van der Waals surface area contributed by atoms with Gasteiger partial charge in [0.15, 0.2) is 0 Å². The number of hydrogen-bond donors (Lipinski definition) is 2. The van der Waals surface area contributed by atoms with E-state index in [4.69, 9.17) is 31.5 Å². The second kappa shape index (κ2) is 11.4. The maximum absolute atomic E-state index is 12.9. The maximum atomic E-state index is 12.9. The number of carbonyl (C=O) groups excluding carboxylic acids is 1. The van der Waals surface area contributed by atoms with Crippen molar-refractivity contribution in [2.45, 2.75) is 25.0 Å². The minimum Gasteiger partial charge on any atom is -0.496 e. The average molecular weight is 466 g/mol. The molecule has 0 aromatic heterocycles. The third kappa shape index (κ3) is 6.25. The Morgan fingerprint density at radius 3 is 2.72 bits per heavy atom. The Balaban J connectivity index is 1.49. The number of nitrogen functional groups attached to an aromatic ring is 1. The van der Waals surface area contributed by atoms with Crippen LogP contribution in [0.5, 0.6) is 11.5 Å². The molecule has 1 aliphatic rings. The fraction of sp³-hybridized carbons (Fsp3) is 0.435. The van der Waals surface area contributed by atoms with Crippen molar-refractivity contribution in [3.05, 3.63) is 52.8 Å². The van der Waals surface area contributed by atoms with Gasteiger partial charge in [-0.25, -0.2) is 4.39 Å². The lowest BCUT2D eigenvalue weighted by atomic mass is 10.0. The van der Waals surface area contributed by atoms with Gasteiger partial charge in [-0.2, -0.15) is 0 Å². The number of ether oxygens (including phenoxy) is 3. The molecule has 0 radical (unpaired) electrons. The van der Waals surface area contributed by atoms with Gasteiger partial charge in [-0.05, 0) is 43.2 Å². The standard InChI is InChI=1S/C23H29ClFN3O4/c1-30-21-13-19(26)18(24)12-17(21)23(29)27-20-8-10-28(14-22(20)31-2)9-3-11-32-16-6-4-15(25)5-7-16/h4-7,12-13,20,22H,3,8-11,14,26H2,1-2H3,(H,27,29)/t20?,22-/m0/s1. The Bertz CT molecular complexity index is 913. The molecule has 0 saturated carbocycles. The summed E-state index contributed by atoms with van der Waals surface area (Å²) in [4.78, 5) is 15.1. The van der Waals surface area contributed by atoms with Gasteiger partial charge in [0, 0.05) is 32.8 Å². The van der Waals surface area contributed by atoms with Crippen molar-refractivity contribution in [2.24, 2.45) is 0 Å². The summed E-state index contributed by atoms with van der Waals surface area (Å²) in [7, 11) is 3.13. The first-order valence-corrected chi connectivity index (χ1v) is 10.9. The van der Waals surface area contributed by atoms with Crippen molar-refractivity contribution >= 4 is 23.2 Å². The van der Waals surface area contributed by atoms with E-state index in [0.29, 0.717) is 40.9 Å². The number of nitrogens with one attached hydrogen (secondary N) is 1. The number of methoxy groups -OCH3 is 2. The van der Waals surface area contributed by atoms with Crippen LogP contribution in [0.25, 0.3) is 0 Å². The molecule has 174 valence electrons. The van der Waals surface area contributed by atoms with E-state index < -0.39 is 0 Å². The number of amides is 1. The molecule has 2 aromatic carbocycles. The molecule has 2 aromatic rings. The highest BCUT2D eigenvalue weighted by Gasteiger charge is 2.31. The fourth-order valence-corrected chi connectivity index (χ4v) is 3.92. The molecule has 1 fully saturated rings. The zero-order chi connectivity index (χ0) is 23.1. The van der Waals surface area contributed by atoms with Crippen molar-refractivity contribution in [3.8, 4) is 11.5 Å². The molecular formula is C23H29ClFN3O4. The monoisotopic (exact) mass is 465 g/mol. The summed E-state index contributed by atoms with van der Waals surface area (Å²) < 4.78 is 29.5.